The Hall–Kier alpha value is -5.21. The van der Waals surface area contributed by atoms with E-state index < -0.39 is 11.1 Å². The quantitative estimate of drug-likeness (QED) is 0.251. The van der Waals surface area contributed by atoms with Gasteiger partial charge >= 0.3 is 0 Å². The van der Waals surface area contributed by atoms with Gasteiger partial charge in [-0.15, -0.1) is 0 Å². The number of carbonyl (C=O) groups is 2. The van der Waals surface area contributed by atoms with Crippen LogP contribution in [0.1, 0.15) is 52.0 Å². The summed E-state index contributed by atoms with van der Waals surface area (Å²) < 4.78 is 1.74. The number of hydrogen-bond donors (Lipinski definition) is 1. The van der Waals surface area contributed by atoms with Crippen LogP contribution in [0.4, 0.5) is 0 Å². The first-order valence-corrected chi connectivity index (χ1v) is 15.0. The number of pyridine rings is 1. The predicted octanol–water partition coefficient (Wildman–Crippen LogP) is 6.04. The maximum atomic E-state index is 13.7. The number of imide groups is 1. The molecule has 8 heteroatoms. The van der Waals surface area contributed by atoms with Gasteiger partial charge in [0.05, 0.1) is 34.2 Å². The molecule has 0 bridgehead atoms. The van der Waals surface area contributed by atoms with Gasteiger partial charge in [0.25, 0.3) is 11.8 Å². The van der Waals surface area contributed by atoms with Gasteiger partial charge < -0.3 is 5.11 Å². The molecule has 0 saturated heterocycles. The fourth-order valence-electron chi connectivity index (χ4n) is 7.41. The van der Waals surface area contributed by atoms with E-state index in [2.05, 4.69) is 28.3 Å². The van der Waals surface area contributed by atoms with E-state index in [0.29, 0.717) is 29.6 Å². The van der Waals surface area contributed by atoms with Crippen molar-refractivity contribution in [2.75, 3.05) is 0 Å². The molecule has 3 aromatic carbocycles. The third-order valence-corrected chi connectivity index (χ3v) is 9.73. The fraction of sp³-hybridized carbons (Fsp3) is 0.194. The number of fused-ring (bicyclic) bond motifs is 4. The van der Waals surface area contributed by atoms with E-state index in [1.165, 1.54) is 4.90 Å². The maximum absolute atomic E-state index is 13.7. The number of carbonyl (C=O) groups excluding carboxylic acids is 2. The molecule has 2 amide bonds. The second kappa shape index (κ2) is 8.90. The zero-order valence-corrected chi connectivity index (χ0v) is 23.7. The van der Waals surface area contributed by atoms with E-state index >= 15 is 0 Å². The zero-order chi connectivity index (χ0) is 29.6. The number of aliphatic hydroxyl groups is 1. The molecule has 3 aliphatic rings. The zero-order valence-electron chi connectivity index (χ0n) is 23.7. The van der Waals surface area contributed by atoms with E-state index in [9.17, 15) is 14.7 Å². The molecule has 3 aromatic heterocycles. The van der Waals surface area contributed by atoms with Crippen LogP contribution in [-0.2, 0) is 5.54 Å². The minimum atomic E-state index is -0.922. The Morgan fingerprint density at radius 1 is 0.773 bits per heavy atom. The SMILES string of the molecule is O=C1c2ccccc2C(=O)N1C1(c2ccc(-c3nc4c(cnc5ccnn54)cc3-c3ccccc3)cc2)CC(O)(C2CC2)C1. The Kier molecular flexibility index (Phi) is 5.12. The van der Waals surface area contributed by atoms with Gasteiger partial charge in [-0.3, -0.25) is 14.5 Å². The molecule has 214 valence electrons. The summed E-state index contributed by atoms with van der Waals surface area (Å²) in [5.74, 6) is -0.382. The van der Waals surface area contributed by atoms with Crippen molar-refractivity contribution in [3.8, 4) is 22.4 Å². The molecule has 6 aromatic rings. The van der Waals surface area contributed by atoms with Crippen LogP contribution in [0.25, 0.3) is 39.1 Å². The van der Waals surface area contributed by atoms with Crippen LogP contribution < -0.4 is 0 Å². The summed E-state index contributed by atoms with van der Waals surface area (Å²) >= 11 is 0. The number of aromatic nitrogens is 4. The average Bonchev–Trinajstić information content (AvgIpc) is 3.74. The summed E-state index contributed by atoms with van der Waals surface area (Å²) in [6, 6.07) is 29.0. The largest absolute Gasteiger partial charge is 0.389 e. The van der Waals surface area contributed by atoms with E-state index in [4.69, 9.17) is 4.98 Å². The van der Waals surface area contributed by atoms with Gasteiger partial charge in [0.15, 0.2) is 11.3 Å². The minimum Gasteiger partial charge on any atom is -0.389 e. The molecule has 2 aliphatic carbocycles. The van der Waals surface area contributed by atoms with E-state index in [1.54, 1.807) is 35.0 Å². The minimum absolute atomic E-state index is 0.217. The van der Waals surface area contributed by atoms with Crippen molar-refractivity contribution in [3.63, 3.8) is 0 Å². The number of rotatable bonds is 5. The summed E-state index contributed by atoms with van der Waals surface area (Å²) in [4.78, 5) is 38.5. The third-order valence-electron chi connectivity index (χ3n) is 9.73. The van der Waals surface area contributed by atoms with Crippen molar-refractivity contribution in [2.45, 2.75) is 36.8 Å². The monoisotopic (exact) mass is 577 g/mol. The number of nitrogens with zero attached hydrogens (tertiary/aromatic N) is 5. The maximum Gasteiger partial charge on any atom is 0.262 e. The molecule has 2 saturated carbocycles. The van der Waals surface area contributed by atoms with E-state index in [0.717, 1.165) is 51.8 Å². The van der Waals surface area contributed by atoms with Crippen LogP contribution in [0.15, 0.2) is 103 Å². The Balaban J connectivity index is 1.18. The summed E-state index contributed by atoms with van der Waals surface area (Å²) in [5.41, 5.74) is 4.96. The average molecular weight is 578 g/mol. The van der Waals surface area contributed by atoms with Crippen LogP contribution in [0.5, 0.6) is 0 Å². The molecule has 44 heavy (non-hydrogen) atoms. The molecule has 0 atom stereocenters. The van der Waals surface area contributed by atoms with Crippen molar-refractivity contribution in [1.29, 1.82) is 0 Å². The normalized spacial score (nSPS) is 22.9. The highest BCUT2D eigenvalue weighted by Crippen LogP contribution is 2.61. The van der Waals surface area contributed by atoms with Gasteiger partial charge in [0.1, 0.15) is 0 Å². The van der Waals surface area contributed by atoms with Crippen LogP contribution in [0.2, 0.25) is 0 Å². The van der Waals surface area contributed by atoms with Crippen molar-refractivity contribution in [3.05, 3.63) is 120 Å². The van der Waals surface area contributed by atoms with Gasteiger partial charge in [-0.25, -0.2) is 9.97 Å². The molecule has 4 heterocycles. The molecule has 0 spiro atoms. The molecular formula is C36H27N5O3. The van der Waals surface area contributed by atoms with Gasteiger partial charge in [0, 0.05) is 41.6 Å². The summed E-state index contributed by atoms with van der Waals surface area (Å²) in [7, 11) is 0. The van der Waals surface area contributed by atoms with E-state index in [1.807, 2.05) is 54.7 Å². The first kappa shape index (κ1) is 25.3. The Morgan fingerprint density at radius 3 is 2.14 bits per heavy atom. The lowest BCUT2D eigenvalue weighted by Crippen LogP contribution is -2.65. The molecular weight excluding hydrogens is 550 g/mol. The summed E-state index contributed by atoms with van der Waals surface area (Å²) in [5, 5.41) is 16.8. The highest BCUT2D eigenvalue weighted by atomic mass is 16.3. The molecule has 0 radical (unpaired) electrons. The van der Waals surface area contributed by atoms with Crippen LogP contribution in [0, 0.1) is 5.92 Å². The van der Waals surface area contributed by atoms with Gasteiger partial charge in [-0.1, -0.05) is 66.7 Å². The summed E-state index contributed by atoms with van der Waals surface area (Å²) in [6.45, 7) is 0. The second-order valence-corrected chi connectivity index (χ2v) is 12.4. The number of amides is 2. The lowest BCUT2D eigenvalue weighted by molar-refractivity contribution is -0.143. The van der Waals surface area contributed by atoms with Crippen molar-refractivity contribution < 1.29 is 14.7 Å². The highest BCUT2D eigenvalue weighted by Gasteiger charge is 2.66. The van der Waals surface area contributed by atoms with Crippen LogP contribution in [0.3, 0.4) is 0 Å². The Labute approximate surface area is 252 Å². The fourth-order valence-corrected chi connectivity index (χ4v) is 7.41. The second-order valence-electron chi connectivity index (χ2n) is 12.4. The number of benzene rings is 3. The molecule has 1 N–H and O–H groups in total. The Morgan fingerprint density at radius 2 is 1.45 bits per heavy atom. The standard InChI is InChI=1S/C36H27N5O3/c42-33-27-8-4-5-9-28(27)34(43)40(33)35(20-36(44,21-35)26-14-15-26)25-12-10-23(11-13-25)31-29(22-6-2-1-3-7-22)18-24-19-37-30-16-17-38-41(30)32(24)39-31/h1-13,16-19,26,44H,14-15,20-21H2. The molecule has 1 aliphatic heterocycles. The summed E-state index contributed by atoms with van der Waals surface area (Å²) in [6.07, 6.45) is 6.16. The molecule has 2 fully saturated rings. The Bertz CT molecular complexity index is 2110. The van der Waals surface area contributed by atoms with Gasteiger partial charge in [-0.2, -0.15) is 9.61 Å². The predicted molar refractivity (Wildman–Crippen MR) is 165 cm³/mol. The molecule has 9 rings (SSSR count). The smallest absolute Gasteiger partial charge is 0.262 e. The highest BCUT2D eigenvalue weighted by molar-refractivity contribution is 6.22. The third kappa shape index (κ3) is 3.51. The topological polar surface area (TPSA) is 101 Å². The van der Waals surface area contributed by atoms with Crippen LogP contribution in [-0.4, -0.2) is 47.0 Å². The van der Waals surface area contributed by atoms with E-state index in [-0.39, 0.29) is 17.7 Å². The van der Waals surface area contributed by atoms with Crippen molar-refractivity contribution in [1.82, 2.24) is 24.5 Å². The van der Waals surface area contributed by atoms with Crippen LogP contribution >= 0.6 is 0 Å². The lowest BCUT2D eigenvalue weighted by Gasteiger charge is -2.57. The first-order valence-electron chi connectivity index (χ1n) is 15.0. The molecule has 8 nitrogen and oxygen atoms in total. The van der Waals surface area contributed by atoms with Crippen molar-refractivity contribution >= 4 is 28.5 Å². The number of hydrogen-bond acceptors (Lipinski definition) is 6. The van der Waals surface area contributed by atoms with Crippen molar-refractivity contribution in [2.24, 2.45) is 5.92 Å². The molecule has 0 unspecified atom stereocenters. The van der Waals surface area contributed by atoms with Gasteiger partial charge in [-0.05, 0) is 48.1 Å². The lowest BCUT2D eigenvalue weighted by atomic mass is 9.58. The van der Waals surface area contributed by atoms with Gasteiger partial charge in [0.2, 0.25) is 0 Å². The first-order chi connectivity index (χ1) is 21.5.